The summed E-state index contributed by atoms with van der Waals surface area (Å²) in [7, 11) is 0. The van der Waals surface area contributed by atoms with Crippen LogP contribution in [0.15, 0.2) is 59.8 Å². The van der Waals surface area contributed by atoms with E-state index in [9.17, 15) is 9.59 Å². The lowest BCUT2D eigenvalue weighted by molar-refractivity contribution is -0.123. The minimum Gasteiger partial charge on any atom is -0.361 e. The number of hydrogen-bond acceptors (Lipinski definition) is 3. The van der Waals surface area contributed by atoms with Crippen LogP contribution < -0.4 is 10.7 Å². The topological polar surface area (TPSA) is 86.3 Å². The number of fused-ring (bicyclic) bond motifs is 1. The van der Waals surface area contributed by atoms with Gasteiger partial charge in [0.25, 0.3) is 11.8 Å². The third-order valence-corrected chi connectivity index (χ3v) is 4.52. The summed E-state index contributed by atoms with van der Waals surface area (Å²) in [5.41, 5.74) is 5.93. The molecule has 144 valence electrons. The first-order valence-electron chi connectivity index (χ1n) is 9.22. The molecule has 0 aliphatic heterocycles. The lowest BCUT2D eigenvalue weighted by Gasteiger charge is -2.20. The Hall–Kier alpha value is -3.41. The molecule has 3 aromatic rings. The lowest BCUT2D eigenvalue weighted by Crippen LogP contribution is -2.48. The molecule has 3 N–H and O–H groups in total. The predicted molar refractivity (Wildman–Crippen MR) is 111 cm³/mol. The highest BCUT2D eigenvalue weighted by atomic mass is 16.2. The molecule has 1 aromatic heterocycles. The maximum absolute atomic E-state index is 12.6. The smallest absolute Gasteiger partial charge is 0.262 e. The summed E-state index contributed by atoms with van der Waals surface area (Å²) in [4.78, 5) is 28.2. The fourth-order valence-electron chi connectivity index (χ4n) is 2.98. The second-order valence-corrected chi connectivity index (χ2v) is 7.09. The van der Waals surface area contributed by atoms with Gasteiger partial charge in [0.15, 0.2) is 0 Å². The first kappa shape index (κ1) is 19.4. The Morgan fingerprint density at radius 2 is 1.89 bits per heavy atom. The Morgan fingerprint density at radius 3 is 2.64 bits per heavy atom. The van der Waals surface area contributed by atoms with Gasteiger partial charge in [0.05, 0.1) is 6.21 Å². The molecule has 0 radical (unpaired) electrons. The third-order valence-electron chi connectivity index (χ3n) is 4.52. The summed E-state index contributed by atoms with van der Waals surface area (Å²) in [6.45, 7) is 5.68. The SMILES string of the molecule is Cc1cccc(C(=O)N[C@@H](C(=O)N/N=C/c2c[nH]c3ccccc23)C(C)C)c1. The molecule has 3 rings (SSSR count). The second kappa shape index (κ2) is 8.52. The number of rotatable bonds is 6. The predicted octanol–water partition coefficient (Wildman–Crippen LogP) is 3.38. The van der Waals surface area contributed by atoms with Crippen LogP contribution in [0.2, 0.25) is 0 Å². The van der Waals surface area contributed by atoms with E-state index in [0.717, 1.165) is 22.0 Å². The van der Waals surface area contributed by atoms with Crippen molar-refractivity contribution in [1.82, 2.24) is 15.7 Å². The maximum atomic E-state index is 12.6. The fourth-order valence-corrected chi connectivity index (χ4v) is 2.98. The van der Waals surface area contributed by atoms with E-state index in [1.807, 2.05) is 63.4 Å². The number of hydrogen-bond donors (Lipinski definition) is 3. The highest BCUT2D eigenvalue weighted by Gasteiger charge is 2.24. The summed E-state index contributed by atoms with van der Waals surface area (Å²) in [5.74, 6) is -0.720. The molecular formula is C22H24N4O2. The fraction of sp³-hybridized carbons (Fsp3) is 0.227. The van der Waals surface area contributed by atoms with E-state index in [1.54, 1.807) is 18.3 Å². The molecule has 0 aliphatic rings. The molecule has 0 aliphatic carbocycles. The van der Waals surface area contributed by atoms with Crippen molar-refractivity contribution in [3.05, 3.63) is 71.4 Å². The van der Waals surface area contributed by atoms with Crippen LogP contribution in [0.1, 0.15) is 35.3 Å². The molecule has 0 saturated carbocycles. The first-order valence-corrected chi connectivity index (χ1v) is 9.22. The van der Waals surface area contributed by atoms with Gasteiger partial charge in [-0.15, -0.1) is 0 Å². The van der Waals surface area contributed by atoms with Crippen LogP contribution in [0.3, 0.4) is 0 Å². The number of nitrogens with zero attached hydrogens (tertiary/aromatic N) is 1. The number of para-hydroxylation sites is 1. The van der Waals surface area contributed by atoms with Gasteiger partial charge in [0, 0.05) is 28.2 Å². The lowest BCUT2D eigenvalue weighted by atomic mass is 10.0. The van der Waals surface area contributed by atoms with Crippen LogP contribution in [0.5, 0.6) is 0 Å². The van der Waals surface area contributed by atoms with Crippen molar-refractivity contribution >= 4 is 28.9 Å². The molecule has 1 atom stereocenters. The van der Waals surface area contributed by atoms with Crippen molar-refractivity contribution in [3.8, 4) is 0 Å². The van der Waals surface area contributed by atoms with Gasteiger partial charge in [0.2, 0.25) is 0 Å². The second-order valence-electron chi connectivity index (χ2n) is 7.09. The van der Waals surface area contributed by atoms with Crippen LogP contribution in [0, 0.1) is 12.8 Å². The molecule has 0 spiro atoms. The Labute approximate surface area is 164 Å². The van der Waals surface area contributed by atoms with Crippen molar-refractivity contribution < 1.29 is 9.59 Å². The number of benzene rings is 2. The van der Waals surface area contributed by atoms with E-state index in [4.69, 9.17) is 0 Å². The number of aromatic amines is 1. The normalized spacial score (nSPS) is 12.4. The minimum absolute atomic E-state index is 0.0861. The van der Waals surface area contributed by atoms with E-state index < -0.39 is 6.04 Å². The average Bonchev–Trinajstić information content (AvgIpc) is 3.09. The molecular weight excluding hydrogens is 352 g/mol. The number of nitrogens with one attached hydrogen (secondary N) is 3. The van der Waals surface area contributed by atoms with Crippen molar-refractivity contribution in [2.75, 3.05) is 0 Å². The molecule has 2 amide bonds. The number of carbonyl (C=O) groups is 2. The van der Waals surface area contributed by atoms with Crippen LogP contribution >= 0.6 is 0 Å². The van der Waals surface area contributed by atoms with Crippen molar-refractivity contribution in [2.24, 2.45) is 11.0 Å². The van der Waals surface area contributed by atoms with E-state index in [2.05, 4.69) is 20.8 Å². The Balaban J connectivity index is 1.67. The summed E-state index contributed by atoms with van der Waals surface area (Å²) in [5, 5.41) is 7.89. The molecule has 6 nitrogen and oxygen atoms in total. The molecule has 2 aromatic carbocycles. The molecule has 1 heterocycles. The Bertz CT molecular complexity index is 1020. The highest BCUT2D eigenvalue weighted by molar-refractivity contribution is 6.00. The zero-order valence-electron chi connectivity index (χ0n) is 16.2. The number of hydrazone groups is 1. The van der Waals surface area contributed by atoms with E-state index in [-0.39, 0.29) is 17.7 Å². The Morgan fingerprint density at radius 1 is 1.11 bits per heavy atom. The summed E-state index contributed by atoms with van der Waals surface area (Å²) < 4.78 is 0. The van der Waals surface area contributed by atoms with Crippen LogP contribution in [-0.4, -0.2) is 29.1 Å². The van der Waals surface area contributed by atoms with Gasteiger partial charge in [-0.2, -0.15) is 5.10 Å². The number of carbonyl (C=O) groups excluding carboxylic acids is 2. The Kier molecular flexibility index (Phi) is 5.89. The highest BCUT2D eigenvalue weighted by Crippen LogP contribution is 2.15. The van der Waals surface area contributed by atoms with Gasteiger partial charge in [-0.05, 0) is 31.0 Å². The summed E-state index contributed by atoms with van der Waals surface area (Å²) in [6.07, 6.45) is 3.43. The largest absolute Gasteiger partial charge is 0.361 e. The van der Waals surface area contributed by atoms with Gasteiger partial charge in [-0.25, -0.2) is 5.43 Å². The third kappa shape index (κ3) is 4.46. The van der Waals surface area contributed by atoms with Gasteiger partial charge >= 0.3 is 0 Å². The van der Waals surface area contributed by atoms with Crippen LogP contribution in [0.4, 0.5) is 0 Å². The van der Waals surface area contributed by atoms with Gasteiger partial charge in [-0.3, -0.25) is 9.59 Å². The van der Waals surface area contributed by atoms with Crippen molar-refractivity contribution in [1.29, 1.82) is 0 Å². The molecule has 0 unspecified atom stereocenters. The van der Waals surface area contributed by atoms with E-state index in [0.29, 0.717) is 5.56 Å². The molecule has 0 fully saturated rings. The summed E-state index contributed by atoms with van der Waals surface area (Å²) >= 11 is 0. The summed E-state index contributed by atoms with van der Waals surface area (Å²) in [6, 6.07) is 14.4. The average molecular weight is 376 g/mol. The van der Waals surface area contributed by atoms with E-state index >= 15 is 0 Å². The van der Waals surface area contributed by atoms with Gasteiger partial charge in [0.1, 0.15) is 6.04 Å². The zero-order valence-corrected chi connectivity index (χ0v) is 16.2. The molecule has 0 saturated heterocycles. The standard InChI is InChI=1S/C22H24N4O2/c1-14(2)20(25-21(27)16-8-6-7-15(3)11-16)22(28)26-24-13-17-12-23-19-10-5-4-9-18(17)19/h4-14,20,23H,1-3H3,(H,25,27)(H,26,28)/b24-13+/t20-/m1/s1. The monoisotopic (exact) mass is 376 g/mol. The molecule has 28 heavy (non-hydrogen) atoms. The number of aromatic nitrogens is 1. The minimum atomic E-state index is -0.687. The number of amides is 2. The zero-order chi connectivity index (χ0) is 20.1. The first-order chi connectivity index (χ1) is 13.5. The van der Waals surface area contributed by atoms with E-state index in [1.165, 1.54) is 0 Å². The van der Waals surface area contributed by atoms with Gasteiger partial charge < -0.3 is 10.3 Å². The quantitative estimate of drug-likeness (QED) is 0.455. The van der Waals surface area contributed by atoms with Crippen LogP contribution in [0.25, 0.3) is 10.9 Å². The van der Waals surface area contributed by atoms with Gasteiger partial charge in [-0.1, -0.05) is 49.7 Å². The van der Waals surface area contributed by atoms with Crippen LogP contribution in [-0.2, 0) is 4.79 Å². The molecule has 0 bridgehead atoms. The van der Waals surface area contributed by atoms with Crippen molar-refractivity contribution in [3.63, 3.8) is 0 Å². The number of H-pyrrole nitrogens is 1. The molecule has 6 heteroatoms. The van der Waals surface area contributed by atoms with Crippen molar-refractivity contribution in [2.45, 2.75) is 26.8 Å². The number of aryl methyl sites for hydroxylation is 1. The maximum Gasteiger partial charge on any atom is 0.262 e.